The van der Waals surface area contributed by atoms with E-state index in [0.717, 1.165) is 29.4 Å². The van der Waals surface area contributed by atoms with Gasteiger partial charge in [-0.3, -0.25) is 14.9 Å². The first kappa shape index (κ1) is 16.0. The van der Waals surface area contributed by atoms with Crippen molar-refractivity contribution < 1.29 is 14.5 Å². The molecule has 1 atom stereocenters. The number of carbonyl (C=O) groups excluding carboxylic acids is 1. The fourth-order valence-corrected chi connectivity index (χ4v) is 3.17. The Morgan fingerprint density at radius 3 is 2.95 bits per heavy atom. The zero-order valence-electron chi connectivity index (χ0n) is 11.8. The van der Waals surface area contributed by atoms with Gasteiger partial charge in [0.25, 0.3) is 5.69 Å². The second-order valence-corrected chi connectivity index (χ2v) is 6.26. The smallest absolute Gasteiger partial charge is 0.307 e. The van der Waals surface area contributed by atoms with Gasteiger partial charge in [-0.1, -0.05) is 0 Å². The van der Waals surface area contributed by atoms with Crippen molar-refractivity contribution in [3.8, 4) is 0 Å². The van der Waals surface area contributed by atoms with Gasteiger partial charge in [0.15, 0.2) is 0 Å². The molecule has 0 saturated carbocycles. The van der Waals surface area contributed by atoms with Crippen LogP contribution in [0.5, 0.6) is 0 Å². The molecule has 0 bridgehead atoms. The number of rotatable bonds is 4. The van der Waals surface area contributed by atoms with E-state index in [1.54, 1.807) is 12.1 Å². The summed E-state index contributed by atoms with van der Waals surface area (Å²) < 4.78 is 5.56. The van der Waals surface area contributed by atoms with Crippen LogP contribution >= 0.6 is 22.6 Å². The topological polar surface area (TPSA) is 72.7 Å². The normalized spacial score (nSPS) is 18.4. The molecule has 7 heteroatoms. The maximum absolute atomic E-state index is 11.5. The van der Waals surface area contributed by atoms with E-state index in [1.807, 2.05) is 11.0 Å². The molecule has 1 aliphatic heterocycles. The molecule has 1 aliphatic rings. The maximum atomic E-state index is 11.5. The molecular formula is C14H17IN2O4. The second-order valence-electron chi connectivity index (χ2n) is 5.01. The molecule has 21 heavy (non-hydrogen) atoms. The summed E-state index contributed by atoms with van der Waals surface area (Å²) in [5.41, 5.74) is 0.688. The fourth-order valence-electron chi connectivity index (χ4n) is 2.69. The van der Waals surface area contributed by atoms with Gasteiger partial charge in [0.05, 0.1) is 18.5 Å². The number of hydrogen-bond acceptors (Lipinski definition) is 5. The predicted molar refractivity (Wildman–Crippen MR) is 87.4 cm³/mol. The quantitative estimate of drug-likeness (QED) is 0.334. The second kappa shape index (κ2) is 7.06. The molecule has 6 nitrogen and oxygen atoms in total. The van der Waals surface area contributed by atoms with Gasteiger partial charge in [0, 0.05) is 22.2 Å². The van der Waals surface area contributed by atoms with Crippen molar-refractivity contribution in [2.75, 3.05) is 18.6 Å². The first-order valence-corrected chi connectivity index (χ1v) is 7.88. The van der Waals surface area contributed by atoms with Crippen LogP contribution in [-0.2, 0) is 9.53 Å². The highest BCUT2D eigenvalue weighted by Gasteiger charge is 2.29. The third kappa shape index (κ3) is 3.84. The Morgan fingerprint density at radius 1 is 1.52 bits per heavy atom. The Bertz CT molecular complexity index is 550. The number of halogens is 1. The van der Waals surface area contributed by atoms with Gasteiger partial charge in [-0.15, -0.1) is 0 Å². The third-order valence-electron chi connectivity index (χ3n) is 3.70. The van der Waals surface area contributed by atoms with Crippen molar-refractivity contribution in [2.45, 2.75) is 31.7 Å². The van der Waals surface area contributed by atoms with Crippen LogP contribution < -0.4 is 4.90 Å². The molecular weight excluding hydrogens is 387 g/mol. The van der Waals surface area contributed by atoms with E-state index in [1.165, 1.54) is 7.11 Å². The Balaban J connectivity index is 2.33. The number of nitro groups is 1. The minimum atomic E-state index is -0.360. The van der Waals surface area contributed by atoms with Crippen molar-refractivity contribution in [1.29, 1.82) is 0 Å². The lowest BCUT2D eigenvalue weighted by Gasteiger charge is -2.36. The molecule has 0 amide bonds. The van der Waals surface area contributed by atoms with Crippen LogP contribution in [-0.4, -0.2) is 30.6 Å². The number of ether oxygens (including phenoxy) is 1. The summed E-state index contributed by atoms with van der Waals surface area (Å²) in [5, 5.41) is 11.3. The summed E-state index contributed by atoms with van der Waals surface area (Å²) in [5.74, 6) is -0.278. The molecule has 114 valence electrons. The summed E-state index contributed by atoms with van der Waals surface area (Å²) in [6, 6.07) is 5.16. The summed E-state index contributed by atoms with van der Waals surface area (Å²) >= 11 is 2.06. The van der Waals surface area contributed by atoms with Crippen molar-refractivity contribution in [3.05, 3.63) is 31.9 Å². The molecule has 0 radical (unpaired) electrons. The third-order valence-corrected chi connectivity index (χ3v) is 4.37. The number of benzene rings is 1. The van der Waals surface area contributed by atoms with Crippen LogP contribution in [0.15, 0.2) is 18.2 Å². The number of hydrogen-bond donors (Lipinski definition) is 0. The molecule has 2 rings (SSSR count). The van der Waals surface area contributed by atoms with Crippen LogP contribution in [0.2, 0.25) is 0 Å². The van der Waals surface area contributed by atoms with Crippen LogP contribution in [0.4, 0.5) is 11.4 Å². The molecule has 1 aromatic carbocycles. The molecule has 0 N–H and O–H groups in total. The van der Waals surface area contributed by atoms with Gasteiger partial charge < -0.3 is 9.64 Å². The number of esters is 1. The molecule has 1 unspecified atom stereocenters. The first-order valence-electron chi connectivity index (χ1n) is 6.80. The Labute approximate surface area is 136 Å². The minimum absolute atomic E-state index is 0.0371. The zero-order chi connectivity index (χ0) is 15.4. The Morgan fingerprint density at radius 2 is 2.29 bits per heavy atom. The molecule has 1 saturated heterocycles. The van der Waals surface area contributed by atoms with Crippen molar-refractivity contribution in [2.24, 2.45) is 0 Å². The average molecular weight is 404 g/mol. The van der Waals surface area contributed by atoms with Crippen molar-refractivity contribution >= 4 is 39.9 Å². The van der Waals surface area contributed by atoms with E-state index in [-0.39, 0.29) is 29.0 Å². The van der Waals surface area contributed by atoms with Gasteiger partial charge >= 0.3 is 5.97 Å². The number of anilines is 1. The highest BCUT2D eigenvalue weighted by Crippen LogP contribution is 2.34. The Kier molecular flexibility index (Phi) is 5.38. The van der Waals surface area contributed by atoms with E-state index in [2.05, 4.69) is 22.6 Å². The summed E-state index contributed by atoms with van der Waals surface area (Å²) in [7, 11) is 1.36. The first-order chi connectivity index (χ1) is 10.0. The van der Waals surface area contributed by atoms with Gasteiger partial charge in [0.1, 0.15) is 5.69 Å². The highest BCUT2D eigenvalue weighted by molar-refractivity contribution is 14.1. The molecule has 0 aromatic heterocycles. The lowest BCUT2D eigenvalue weighted by molar-refractivity contribution is -0.384. The summed E-state index contributed by atoms with van der Waals surface area (Å²) in [6.07, 6.45) is 3.11. The van der Waals surface area contributed by atoms with E-state index >= 15 is 0 Å². The molecule has 1 heterocycles. The van der Waals surface area contributed by atoms with Crippen LogP contribution in [0.1, 0.15) is 25.7 Å². The SMILES string of the molecule is COC(=O)CC1CCCCN1c1ccc(I)cc1[N+](=O)[O-]. The van der Waals surface area contributed by atoms with E-state index in [9.17, 15) is 14.9 Å². The number of carbonyl (C=O) groups is 1. The van der Waals surface area contributed by atoms with E-state index < -0.39 is 0 Å². The number of nitro benzene ring substituents is 1. The summed E-state index contributed by atoms with van der Waals surface area (Å²) in [4.78, 5) is 24.5. The van der Waals surface area contributed by atoms with Crippen molar-refractivity contribution in [3.63, 3.8) is 0 Å². The maximum Gasteiger partial charge on any atom is 0.307 e. The highest BCUT2D eigenvalue weighted by atomic mass is 127. The van der Waals surface area contributed by atoms with Gasteiger partial charge in [-0.25, -0.2) is 0 Å². The van der Waals surface area contributed by atoms with Gasteiger partial charge in [-0.2, -0.15) is 0 Å². The lowest BCUT2D eigenvalue weighted by Crippen LogP contribution is -2.41. The number of nitrogens with zero attached hydrogens (tertiary/aromatic N) is 2. The fraction of sp³-hybridized carbons (Fsp3) is 0.500. The molecule has 0 aliphatic carbocycles. The van der Waals surface area contributed by atoms with Crippen LogP contribution in [0.25, 0.3) is 0 Å². The van der Waals surface area contributed by atoms with Crippen LogP contribution in [0, 0.1) is 13.7 Å². The monoisotopic (exact) mass is 404 g/mol. The standard InChI is InChI=1S/C14H17IN2O4/c1-21-14(18)9-11-4-2-3-7-16(11)12-6-5-10(15)8-13(12)17(19)20/h5-6,8,11H,2-4,7,9H2,1H3. The number of methoxy groups -OCH3 is 1. The minimum Gasteiger partial charge on any atom is -0.469 e. The largest absolute Gasteiger partial charge is 0.469 e. The van der Waals surface area contributed by atoms with Gasteiger partial charge in [0.2, 0.25) is 0 Å². The molecule has 1 fully saturated rings. The van der Waals surface area contributed by atoms with E-state index in [0.29, 0.717) is 5.69 Å². The Hall–Kier alpha value is -1.38. The lowest BCUT2D eigenvalue weighted by atomic mass is 9.98. The molecule has 1 aromatic rings. The van der Waals surface area contributed by atoms with Gasteiger partial charge in [-0.05, 0) is 54.0 Å². The average Bonchev–Trinajstić information content (AvgIpc) is 2.47. The van der Waals surface area contributed by atoms with Crippen molar-refractivity contribution in [1.82, 2.24) is 0 Å². The van der Waals surface area contributed by atoms with E-state index in [4.69, 9.17) is 4.74 Å². The summed E-state index contributed by atoms with van der Waals surface area (Å²) in [6.45, 7) is 0.725. The molecule has 0 spiro atoms. The predicted octanol–water partition coefficient (Wildman–Crippen LogP) is 3.12. The zero-order valence-corrected chi connectivity index (χ0v) is 13.9. The number of piperidine rings is 1. The van der Waals surface area contributed by atoms with Crippen LogP contribution in [0.3, 0.4) is 0 Å².